The predicted octanol–water partition coefficient (Wildman–Crippen LogP) is 8.01. The van der Waals surface area contributed by atoms with Gasteiger partial charge in [0, 0.05) is 11.1 Å². The lowest BCUT2D eigenvalue weighted by Gasteiger charge is -2.02. The van der Waals surface area contributed by atoms with Crippen molar-refractivity contribution in [2.45, 2.75) is 124 Å². The Hall–Kier alpha value is -1.58. The first-order valence-electron chi connectivity index (χ1n) is 12.1. The van der Waals surface area contributed by atoms with Crippen LogP contribution in [0.25, 0.3) is 0 Å². The molecule has 0 rings (SSSR count). The summed E-state index contributed by atoms with van der Waals surface area (Å²) in [6.45, 7) is 11.8. The monoisotopic (exact) mass is 424 g/mol. The van der Waals surface area contributed by atoms with E-state index in [0.717, 1.165) is 25.7 Å². The number of allylic oxidation sites excluding steroid dienone is 1. The number of carbonyl (C=O) groups excluding carboxylic acids is 1. The Labute approximate surface area is 186 Å². The molecule has 176 valence electrons. The smallest absolute Gasteiger partial charge is 0.333 e. The molecule has 0 unspecified atom stereocenters. The van der Waals surface area contributed by atoms with Crippen LogP contribution in [0.2, 0.25) is 0 Å². The Morgan fingerprint density at radius 2 is 1.20 bits per heavy atom. The summed E-state index contributed by atoms with van der Waals surface area (Å²) in [6.07, 6.45) is 20.5. The molecule has 0 saturated carbocycles. The quantitative estimate of drug-likeness (QED) is 0.137. The van der Waals surface area contributed by atoms with E-state index in [1.807, 2.05) is 6.08 Å². The molecule has 0 spiro atoms. The number of carbonyl (C=O) groups is 2. The summed E-state index contributed by atoms with van der Waals surface area (Å²) in [6, 6.07) is 0. The molecule has 0 atom stereocenters. The fraction of sp³-hybridized carbons (Fsp3) is 0.769. The van der Waals surface area contributed by atoms with Crippen LogP contribution in [0.4, 0.5) is 0 Å². The van der Waals surface area contributed by atoms with Crippen LogP contribution in [-0.2, 0) is 14.3 Å². The van der Waals surface area contributed by atoms with Crippen LogP contribution in [0.5, 0.6) is 0 Å². The molecule has 4 nitrogen and oxygen atoms in total. The zero-order chi connectivity index (χ0) is 23.0. The summed E-state index contributed by atoms with van der Waals surface area (Å²) >= 11 is 0. The van der Waals surface area contributed by atoms with E-state index in [9.17, 15) is 9.59 Å². The minimum absolute atomic E-state index is 0.272. The highest BCUT2D eigenvalue weighted by molar-refractivity contribution is 5.86. The van der Waals surface area contributed by atoms with Gasteiger partial charge < -0.3 is 9.84 Å². The topological polar surface area (TPSA) is 63.6 Å². The number of carboxylic acids is 1. The van der Waals surface area contributed by atoms with Gasteiger partial charge in [-0.15, -0.1) is 0 Å². The molecule has 0 aromatic heterocycles. The van der Waals surface area contributed by atoms with Crippen LogP contribution < -0.4 is 0 Å². The molecule has 0 aromatic carbocycles. The normalized spacial score (nSPS) is 10.9. The molecule has 0 aromatic rings. The predicted molar refractivity (Wildman–Crippen MR) is 128 cm³/mol. The molecule has 0 fully saturated rings. The van der Waals surface area contributed by atoms with E-state index in [2.05, 4.69) is 20.4 Å². The highest BCUT2D eigenvalue weighted by Crippen LogP contribution is 2.11. The van der Waals surface area contributed by atoms with Gasteiger partial charge in [0.05, 0.1) is 6.61 Å². The van der Waals surface area contributed by atoms with E-state index in [0.29, 0.717) is 17.8 Å². The Morgan fingerprint density at radius 3 is 1.63 bits per heavy atom. The number of hydrogen-bond acceptors (Lipinski definition) is 3. The van der Waals surface area contributed by atoms with Crippen molar-refractivity contribution in [2.24, 2.45) is 0 Å². The van der Waals surface area contributed by atoms with Crippen LogP contribution in [0.1, 0.15) is 124 Å². The fourth-order valence-electron chi connectivity index (χ4n) is 2.85. The van der Waals surface area contributed by atoms with Gasteiger partial charge >= 0.3 is 11.9 Å². The number of esters is 1. The molecule has 0 aliphatic carbocycles. The second kappa shape index (κ2) is 23.7. The fourth-order valence-corrected chi connectivity index (χ4v) is 2.85. The molecular formula is C26H48O4. The maximum absolute atomic E-state index is 10.9. The highest BCUT2D eigenvalue weighted by atomic mass is 16.5. The lowest BCUT2D eigenvalue weighted by atomic mass is 10.1. The van der Waals surface area contributed by atoms with Crippen molar-refractivity contribution >= 4 is 11.9 Å². The van der Waals surface area contributed by atoms with E-state index in [1.165, 1.54) is 70.6 Å². The van der Waals surface area contributed by atoms with Crippen LogP contribution in [0, 0.1) is 0 Å². The maximum Gasteiger partial charge on any atom is 0.333 e. The molecular weight excluding hydrogens is 376 g/mol. The van der Waals surface area contributed by atoms with E-state index < -0.39 is 5.97 Å². The van der Waals surface area contributed by atoms with Crippen LogP contribution in [0.15, 0.2) is 23.8 Å². The molecule has 30 heavy (non-hydrogen) atoms. The summed E-state index contributed by atoms with van der Waals surface area (Å²) in [5.74, 6) is -1.06. The number of carboxylic acid groups (broad SMARTS) is 1. The molecule has 0 aliphatic heterocycles. The van der Waals surface area contributed by atoms with Gasteiger partial charge in [0.1, 0.15) is 0 Å². The molecule has 0 aliphatic rings. The SMILES string of the molecule is C=C(C)C(=O)OCCCCCC.CCCCCCCCCCCCC=C(C)C(=O)O. The van der Waals surface area contributed by atoms with Gasteiger partial charge in [-0.1, -0.05) is 104 Å². The van der Waals surface area contributed by atoms with Crippen LogP contribution in [-0.4, -0.2) is 23.7 Å². The minimum Gasteiger partial charge on any atom is -0.478 e. The number of ether oxygens (including phenoxy) is 1. The molecule has 0 radical (unpaired) electrons. The van der Waals surface area contributed by atoms with Crippen molar-refractivity contribution in [1.29, 1.82) is 0 Å². The van der Waals surface area contributed by atoms with Crippen molar-refractivity contribution in [3.05, 3.63) is 23.8 Å². The molecule has 1 N–H and O–H groups in total. The van der Waals surface area contributed by atoms with Gasteiger partial charge in [0.2, 0.25) is 0 Å². The van der Waals surface area contributed by atoms with E-state index >= 15 is 0 Å². The number of rotatable bonds is 18. The summed E-state index contributed by atoms with van der Waals surface area (Å²) < 4.78 is 4.91. The van der Waals surface area contributed by atoms with Gasteiger partial charge in [-0.2, -0.15) is 0 Å². The zero-order valence-corrected chi connectivity index (χ0v) is 20.3. The third-order valence-corrected chi connectivity index (χ3v) is 4.93. The lowest BCUT2D eigenvalue weighted by molar-refractivity contribution is -0.139. The zero-order valence-electron chi connectivity index (χ0n) is 20.3. The Balaban J connectivity index is 0. The minimum atomic E-state index is -0.790. The van der Waals surface area contributed by atoms with Gasteiger partial charge in [-0.25, -0.2) is 9.59 Å². The van der Waals surface area contributed by atoms with Crippen molar-refractivity contribution in [3.8, 4) is 0 Å². The molecule has 0 amide bonds. The summed E-state index contributed by atoms with van der Waals surface area (Å²) in [5, 5.41) is 8.68. The first-order valence-corrected chi connectivity index (χ1v) is 12.1. The third-order valence-electron chi connectivity index (χ3n) is 4.93. The first kappa shape index (κ1) is 30.6. The lowest BCUT2D eigenvalue weighted by Crippen LogP contribution is -2.05. The van der Waals surface area contributed by atoms with Crippen molar-refractivity contribution in [1.82, 2.24) is 0 Å². The van der Waals surface area contributed by atoms with Crippen molar-refractivity contribution < 1.29 is 19.4 Å². The number of hydrogen-bond donors (Lipinski definition) is 1. The average Bonchev–Trinajstić information content (AvgIpc) is 2.71. The summed E-state index contributed by atoms with van der Waals surface area (Å²) in [7, 11) is 0. The second-order valence-electron chi connectivity index (χ2n) is 8.14. The maximum atomic E-state index is 10.9. The van der Waals surface area contributed by atoms with Crippen LogP contribution in [0.3, 0.4) is 0 Å². The average molecular weight is 425 g/mol. The van der Waals surface area contributed by atoms with Crippen LogP contribution >= 0.6 is 0 Å². The highest BCUT2D eigenvalue weighted by Gasteiger charge is 2.01. The van der Waals surface area contributed by atoms with Gasteiger partial charge in [0.25, 0.3) is 0 Å². The number of aliphatic carboxylic acids is 1. The Bertz CT molecular complexity index is 466. The van der Waals surface area contributed by atoms with Crippen molar-refractivity contribution in [2.75, 3.05) is 6.61 Å². The van der Waals surface area contributed by atoms with Gasteiger partial charge in [-0.3, -0.25) is 0 Å². The molecule has 4 heteroatoms. The van der Waals surface area contributed by atoms with E-state index in [1.54, 1.807) is 13.8 Å². The third kappa shape index (κ3) is 24.5. The Morgan fingerprint density at radius 1 is 0.767 bits per heavy atom. The first-order chi connectivity index (χ1) is 14.4. The summed E-state index contributed by atoms with van der Waals surface area (Å²) in [4.78, 5) is 21.4. The van der Waals surface area contributed by atoms with E-state index in [4.69, 9.17) is 9.84 Å². The second-order valence-corrected chi connectivity index (χ2v) is 8.14. The van der Waals surface area contributed by atoms with E-state index in [-0.39, 0.29) is 5.97 Å². The molecule has 0 bridgehead atoms. The van der Waals surface area contributed by atoms with Gasteiger partial charge in [0.15, 0.2) is 0 Å². The Kier molecular flexibility index (Phi) is 24.2. The molecule has 0 heterocycles. The largest absolute Gasteiger partial charge is 0.478 e. The summed E-state index contributed by atoms with van der Waals surface area (Å²) in [5.41, 5.74) is 0.955. The van der Waals surface area contributed by atoms with Gasteiger partial charge in [-0.05, 0) is 33.1 Å². The molecule has 0 saturated heterocycles. The number of unbranched alkanes of at least 4 members (excludes halogenated alkanes) is 13. The standard InChI is InChI=1S/C16H30O2.C10H18O2/c1-3-4-5-6-7-8-9-10-11-12-13-14-15(2)16(17)18;1-4-5-6-7-8-12-10(11)9(2)3/h14H,3-13H2,1-2H3,(H,17,18);2,4-8H2,1,3H3. The van der Waals surface area contributed by atoms with Crippen molar-refractivity contribution in [3.63, 3.8) is 0 Å².